The van der Waals surface area contributed by atoms with Gasteiger partial charge in [-0.05, 0) is 0 Å². The van der Waals surface area contributed by atoms with Crippen LogP contribution >= 0.6 is 0 Å². The van der Waals surface area contributed by atoms with Crippen molar-refractivity contribution in [3.05, 3.63) is 23.3 Å². The fourth-order valence-electron chi connectivity index (χ4n) is 1.62. The van der Waals surface area contributed by atoms with Crippen LogP contribution in [0.3, 0.4) is 0 Å². The molecule has 0 bridgehead atoms. The molecule has 3 N–H and O–H groups in total. The number of aliphatic carboxylic acids is 1. The lowest BCUT2D eigenvalue weighted by molar-refractivity contribution is -0.137. The second kappa shape index (κ2) is 5.63. The number of rotatable bonds is 5. The summed E-state index contributed by atoms with van der Waals surface area (Å²) in [6.07, 6.45) is -0.512. The molecule has 0 aromatic heterocycles. The second-order valence-electron chi connectivity index (χ2n) is 3.52. The van der Waals surface area contributed by atoms with E-state index in [4.69, 9.17) is 20.3 Å². The molecule has 0 saturated carbocycles. The van der Waals surface area contributed by atoms with E-state index in [0.717, 1.165) is 0 Å². The van der Waals surface area contributed by atoms with Gasteiger partial charge in [0.05, 0.1) is 26.2 Å². The number of carboxylic acid groups (broad SMARTS) is 1. The molecule has 1 atom stereocenters. The molecule has 18 heavy (non-hydrogen) atoms. The molecule has 1 aromatic carbocycles. The lowest BCUT2D eigenvalue weighted by Gasteiger charge is -2.18. The third kappa shape index (κ3) is 2.67. The molecule has 0 aliphatic heterocycles. The highest BCUT2D eigenvalue weighted by Gasteiger charge is 2.25. The Balaban J connectivity index is 3.37. The Labute approximate surface area is 102 Å². The van der Waals surface area contributed by atoms with Crippen LogP contribution in [0.2, 0.25) is 0 Å². The zero-order chi connectivity index (χ0) is 13.9. The second-order valence-corrected chi connectivity index (χ2v) is 3.52. The highest BCUT2D eigenvalue weighted by molar-refractivity contribution is 5.68. The van der Waals surface area contributed by atoms with E-state index in [1.165, 1.54) is 14.2 Å². The first-order valence-electron chi connectivity index (χ1n) is 4.99. The lowest BCUT2D eigenvalue weighted by Crippen LogP contribution is -2.18. The minimum atomic E-state index is -1.20. The summed E-state index contributed by atoms with van der Waals surface area (Å²) in [6, 6.07) is -0.578. The highest BCUT2D eigenvalue weighted by Crippen LogP contribution is 2.39. The molecule has 0 heterocycles. The van der Waals surface area contributed by atoms with Gasteiger partial charge in [0, 0.05) is 12.1 Å². The van der Waals surface area contributed by atoms with Crippen LogP contribution in [0.1, 0.15) is 18.0 Å². The van der Waals surface area contributed by atoms with Gasteiger partial charge in [0.2, 0.25) is 0 Å². The number of hydrogen-bond donors (Lipinski definition) is 2. The molecule has 0 fully saturated rings. The summed E-state index contributed by atoms with van der Waals surface area (Å²) >= 11 is 0. The van der Waals surface area contributed by atoms with Crippen molar-refractivity contribution < 1.29 is 28.2 Å². The average Bonchev–Trinajstić information content (AvgIpc) is 2.26. The predicted octanol–water partition coefficient (Wildman–Crippen LogP) is 1.46. The molecule has 0 aliphatic rings. The number of methoxy groups -OCH3 is 2. The maximum absolute atomic E-state index is 13.7. The quantitative estimate of drug-likeness (QED) is 0.838. The van der Waals surface area contributed by atoms with Crippen molar-refractivity contribution in [2.45, 2.75) is 12.5 Å². The van der Waals surface area contributed by atoms with Gasteiger partial charge in [-0.2, -0.15) is 0 Å². The van der Waals surface area contributed by atoms with Crippen LogP contribution < -0.4 is 15.2 Å². The number of hydrogen-bond acceptors (Lipinski definition) is 4. The Morgan fingerprint density at radius 2 is 1.89 bits per heavy atom. The van der Waals surface area contributed by atoms with E-state index in [0.29, 0.717) is 6.07 Å². The zero-order valence-corrected chi connectivity index (χ0v) is 9.87. The van der Waals surface area contributed by atoms with Crippen LogP contribution in [0.4, 0.5) is 8.78 Å². The Hall–Kier alpha value is -1.89. The summed E-state index contributed by atoms with van der Waals surface area (Å²) in [7, 11) is 2.37. The Morgan fingerprint density at radius 1 is 1.33 bits per heavy atom. The molecule has 0 spiro atoms. The maximum Gasteiger partial charge on any atom is 0.305 e. The monoisotopic (exact) mass is 261 g/mol. The molecule has 1 rings (SSSR count). The van der Waals surface area contributed by atoms with E-state index in [1.807, 2.05) is 0 Å². The van der Waals surface area contributed by atoms with Crippen molar-refractivity contribution in [2.24, 2.45) is 5.73 Å². The van der Waals surface area contributed by atoms with Gasteiger partial charge in [-0.15, -0.1) is 0 Å². The van der Waals surface area contributed by atoms with Crippen molar-refractivity contribution in [3.8, 4) is 11.5 Å². The van der Waals surface area contributed by atoms with Gasteiger partial charge in [-0.25, -0.2) is 8.78 Å². The van der Waals surface area contributed by atoms with Crippen LogP contribution in [0.25, 0.3) is 0 Å². The Kier molecular flexibility index (Phi) is 4.43. The number of benzene rings is 1. The Bertz CT molecular complexity index is 465. The molecule has 1 aromatic rings. The number of nitrogens with two attached hydrogens (primary N) is 1. The fraction of sp³-hybridized carbons (Fsp3) is 0.364. The van der Waals surface area contributed by atoms with Gasteiger partial charge in [0.1, 0.15) is 5.82 Å². The van der Waals surface area contributed by atoms with Gasteiger partial charge < -0.3 is 20.3 Å². The first-order chi connectivity index (χ1) is 8.42. The number of carboxylic acids is 1. The van der Waals surface area contributed by atoms with Crippen molar-refractivity contribution in [2.75, 3.05) is 14.2 Å². The third-order valence-electron chi connectivity index (χ3n) is 2.35. The van der Waals surface area contributed by atoms with E-state index in [1.54, 1.807) is 0 Å². The topological polar surface area (TPSA) is 81.8 Å². The van der Waals surface area contributed by atoms with Crippen molar-refractivity contribution in [1.82, 2.24) is 0 Å². The molecule has 100 valence electrons. The van der Waals surface area contributed by atoms with Crippen molar-refractivity contribution in [1.29, 1.82) is 0 Å². The van der Waals surface area contributed by atoms with Crippen LogP contribution in [0.5, 0.6) is 11.5 Å². The lowest BCUT2D eigenvalue weighted by atomic mass is 10.0. The Morgan fingerprint density at radius 3 is 2.33 bits per heavy atom. The standard InChI is InChI=1S/C11H13F2NO4/c1-17-10-6(13)3-5(12)9(11(10)18-2)7(14)4-8(15)16/h3,7H,4,14H2,1-2H3,(H,15,16). The minimum absolute atomic E-state index is 0.224. The predicted molar refractivity (Wildman–Crippen MR) is 58.6 cm³/mol. The first kappa shape index (κ1) is 14.2. The number of carbonyl (C=O) groups is 1. The third-order valence-corrected chi connectivity index (χ3v) is 2.35. The minimum Gasteiger partial charge on any atom is -0.492 e. The van der Waals surface area contributed by atoms with Crippen molar-refractivity contribution >= 4 is 5.97 Å². The number of halogens is 2. The van der Waals surface area contributed by atoms with E-state index >= 15 is 0 Å². The summed E-state index contributed by atoms with van der Waals surface area (Å²) < 4.78 is 36.7. The zero-order valence-electron chi connectivity index (χ0n) is 9.87. The molecule has 0 amide bonds. The average molecular weight is 261 g/mol. The molecule has 0 radical (unpaired) electrons. The maximum atomic E-state index is 13.7. The molecular formula is C11H13F2NO4. The summed E-state index contributed by atoms with van der Waals surface area (Å²) in [4.78, 5) is 10.6. The molecule has 1 unspecified atom stereocenters. The largest absolute Gasteiger partial charge is 0.492 e. The normalized spacial score (nSPS) is 12.1. The van der Waals surface area contributed by atoms with E-state index in [9.17, 15) is 13.6 Å². The van der Waals surface area contributed by atoms with Gasteiger partial charge in [0.15, 0.2) is 17.3 Å². The summed E-state index contributed by atoms with van der Waals surface area (Å²) in [5.41, 5.74) is 5.34. The molecule has 5 nitrogen and oxygen atoms in total. The van der Waals surface area contributed by atoms with E-state index in [2.05, 4.69) is 0 Å². The first-order valence-corrected chi connectivity index (χ1v) is 4.99. The fourth-order valence-corrected chi connectivity index (χ4v) is 1.62. The van der Waals surface area contributed by atoms with E-state index < -0.39 is 30.1 Å². The highest BCUT2D eigenvalue weighted by atomic mass is 19.1. The van der Waals surface area contributed by atoms with Crippen molar-refractivity contribution in [3.63, 3.8) is 0 Å². The SMILES string of the molecule is COc1c(F)cc(F)c(C(N)CC(=O)O)c1OC. The van der Waals surface area contributed by atoms with E-state index in [-0.39, 0.29) is 17.1 Å². The summed E-state index contributed by atoms with van der Waals surface area (Å²) in [5, 5.41) is 8.63. The molecular weight excluding hydrogens is 248 g/mol. The molecule has 7 heteroatoms. The summed E-state index contributed by atoms with van der Waals surface area (Å²) in [6.45, 7) is 0. The smallest absolute Gasteiger partial charge is 0.305 e. The van der Waals surface area contributed by atoms with Gasteiger partial charge >= 0.3 is 5.97 Å². The van der Waals surface area contributed by atoms with Gasteiger partial charge in [-0.3, -0.25) is 4.79 Å². The number of ether oxygens (including phenoxy) is 2. The van der Waals surface area contributed by atoms with Gasteiger partial charge in [-0.1, -0.05) is 0 Å². The van der Waals surface area contributed by atoms with Gasteiger partial charge in [0.25, 0.3) is 0 Å². The van der Waals surface area contributed by atoms with Crippen LogP contribution in [0.15, 0.2) is 6.07 Å². The van der Waals surface area contributed by atoms with Crippen LogP contribution in [0, 0.1) is 11.6 Å². The molecule has 0 saturated heterocycles. The molecule has 0 aliphatic carbocycles. The van der Waals surface area contributed by atoms with Crippen LogP contribution in [-0.4, -0.2) is 25.3 Å². The van der Waals surface area contributed by atoms with Crippen LogP contribution in [-0.2, 0) is 4.79 Å². The summed E-state index contributed by atoms with van der Waals surface area (Å²) in [5.74, 6) is -3.66.